The number of hydrogen-bond donors (Lipinski definition) is 2. The van der Waals surface area contributed by atoms with Gasteiger partial charge in [0.1, 0.15) is 5.54 Å². The number of aliphatic hydroxyl groups is 1. The molecule has 0 unspecified atom stereocenters. The van der Waals surface area contributed by atoms with E-state index in [1.54, 1.807) is 13.8 Å². The third-order valence-corrected chi connectivity index (χ3v) is 2.24. The number of carbonyl (C=O) groups is 2. The summed E-state index contributed by atoms with van der Waals surface area (Å²) in [6, 6.07) is -0.372. The number of urea groups is 1. The SMILES string of the molecule is CC1(C)C(=O)NC(=O)N1CCCO. The smallest absolute Gasteiger partial charge is 0.324 e. The van der Waals surface area contributed by atoms with Gasteiger partial charge in [-0.15, -0.1) is 0 Å². The van der Waals surface area contributed by atoms with Crippen molar-refractivity contribution in [2.75, 3.05) is 13.2 Å². The van der Waals surface area contributed by atoms with E-state index in [1.165, 1.54) is 4.90 Å². The molecular formula is C8H14N2O3. The molecule has 1 heterocycles. The zero-order valence-electron chi connectivity index (χ0n) is 7.83. The number of carbonyl (C=O) groups excluding carboxylic acids is 2. The van der Waals surface area contributed by atoms with E-state index in [9.17, 15) is 9.59 Å². The minimum atomic E-state index is -0.785. The Labute approximate surface area is 76.7 Å². The van der Waals surface area contributed by atoms with Crippen LogP contribution in [0.1, 0.15) is 20.3 Å². The number of hydrogen-bond acceptors (Lipinski definition) is 3. The number of aliphatic hydroxyl groups excluding tert-OH is 1. The monoisotopic (exact) mass is 186 g/mol. The molecular weight excluding hydrogens is 172 g/mol. The molecule has 5 heteroatoms. The van der Waals surface area contributed by atoms with Crippen molar-refractivity contribution >= 4 is 11.9 Å². The largest absolute Gasteiger partial charge is 0.396 e. The van der Waals surface area contributed by atoms with Crippen molar-refractivity contribution in [3.63, 3.8) is 0 Å². The number of nitrogens with zero attached hydrogens (tertiary/aromatic N) is 1. The predicted octanol–water partition coefficient (Wildman–Crippen LogP) is -0.301. The average molecular weight is 186 g/mol. The highest BCUT2D eigenvalue weighted by atomic mass is 16.3. The molecule has 1 saturated heterocycles. The van der Waals surface area contributed by atoms with Crippen LogP contribution >= 0.6 is 0 Å². The van der Waals surface area contributed by atoms with Gasteiger partial charge in [-0.05, 0) is 20.3 Å². The number of amides is 3. The van der Waals surface area contributed by atoms with Crippen LogP contribution < -0.4 is 5.32 Å². The Morgan fingerprint density at radius 3 is 2.46 bits per heavy atom. The Morgan fingerprint density at radius 1 is 1.46 bits per heavy atom. The molecule has 0 atom stereocenters. The summed E-state index contributed by atoms with van der Waals surface area (Å²) < 4.78 is 0. The molecule has 1 fully saturated rings. The minimum Gasteiger partial charge on any atom is -0.396 e. The summed E-state index contributed by atoms with van der Waals surface area (Å²) in [5.41, 5.74) is -0.785. The van der Waals surface area contributed by atoms with Crippen LogP contribution in [0.2, 0.25) is 0 Å². The van der Waals surface area contributed by atoms with Crippen LogP contribution in [-0.2, 0) is 4.79 Å². The summed E-state index contributed by atoms with van der Waals surface area (Å²) in [5, 5.41) is 10.8. The summed E-state index contributed by atoms with van der Waals surface area (Å²) in [6.07, 6.45) is 0.490. The third kappa shape index (κ3) is 1.65. The third-order valence-electron chi connectivity index (χ3n) is 2.24. The van der Waals surface area contributed by atoms with E-state index in [-0.39, 0.29) is 18.5 Å². The van der Waals surface area contributed by atoms with Crippen LogP contribution in [-0.4, -0.2) is 40.6 Å². The van der Waals surface area contributed by atoms with Gasteiger partial charge in [-0.3, -0.25) is 10.1 Å². The summed E-state index contributed by atoms with van der Waals surface area (Å²) in [7, 11) is 0. The lowest BCUT2D eigenvalue weighted by Gasteiger charge is -2.27. The number of imide groups is 1. The van der Waals surface area contributed by atoms with E-state index in [0.717, 1.165) is 0 Å². The number of nitrogens with one attached hydrogen (secondary N) is 1. The summed E-state index contributed by atoms with van der Waals surface area (Å²) in [6.45, 7) is 3.80. The summed E-state index contributed by atoms with van der Waals surface area (Å²) >= 11 is 0. The molecule has 0 aromatic heterocycles. The fraction of sp³-hybridized carbons (Fsp3) is 0.750. The van der Waals surface area contributed by atoms with E-state index >= 15 is 0 Å². The van der Waals surface area contributed by atoms with Crippen molar-refractivity contribution in [2.45, 2.75) is 25.8 Å². The van der Waals surface area contributed by atoms with E-state index in [4.69, 9.17) is 5.11 Å². The Kier molecular flexibility index (Phi) is 2.56. The Hall–Kier alpha value is -1.10. The molecule has 1 aliphatic rings. The van der Waals surface area contributed by atoms with Gasteiger partial charge in [-0.25, -0.2) is 4.79 Å². The Balaban J connectivity index is 2.71. The Bertz CT molecular complexity index is 238. The first-order valence-corrected chi connectivity index (χ1v) is 4.24. The maximum absolute atomic E-state index is 11.2. The highest BCUT2D eigenvalue weighted by molar-refractivity contribution is 6.06. The first-order valence-electron chi connectivity index (χ1n) is 4.24. The van der Waals surface area contributed by atoms with Crippen LogP contribution in [0.15, 0.2) is 0 Å². The lowest BCUT2D eigenvalue weighted by Crippen LogP contribution is -2.44. The molecule has 0 bridgehead atoms. The molecule has 1 rings (SSSR count). The van der Waals surface area contributed by atoms with Crippen molar-refractivity contribution in [3.8, 4) is 0 Å². The van der Waals surface area contributed by atoms with Gasteiger partial charge < -0.3 is 10.0 Å². The first kappa shape index (κ1) is 9.98. The minimum absolute atomic E-state index is 0.0219. The van der Waals surface area contributed by atoms with Crippen molar-refractivity contribution in [1.82, 2.24) is 10.2 Å². The first-order chi connectivity index (χ1) is 6.00. The van der Waals surface area contributed by atoms with Gasteiger partial charge in [0.15, 0.2) is 0 Å². The van der Waals surface area contributed by atoms with Crippen LogP contribution in [0.3, 0.4) is 0 Å². The second kappa shape index (κ2) is 3.33. The van der Waals surface area contributed by atoms with Crippen molar-refractivity contribution in [3.05, 3.63) is 0 Å². The van der Waals surface area contributed by atoms with Gasteiger partial charge >= 0.3 is 6.03 Å². The van der Waals surface area contributed by atoms with E-state index in [2.05, 4.69) is 5.32 Å². The van der Waals surface area contributed by atoms with E-state index in [0.29, 0.717) is 13.0 Å². The zero-order valence-corrected chi connectivity index (χ0v) is 7.83. The maximum atomic E-state index is 11.2. The van der Waals surface area contributed by atoms with Crippen LogP contribution in [0.25, 0.3) is 0 Å². The molecule has 0 aromatic rings. The molecule has 0 spiro atoms. The molecule has 0 aromatic carbocycles. The lowest BCUT2D eigenvalue weighted by atomic mass is 10.0. The fourth-order valence-corrected chi connectivity index (χ4v) is 1.30. The quantitative estimate of drug-likeness (QED) is 0.594. The zero-order chi connectivity index (χ0) is 10.1. The van der Waals surface area contributed by atoms with Crippen LogP contribution in [0, 0.1) is 0 Å². The average Bonchev–Trinajstić information content (AvgIpc) is 2.21. The second-order valence-electron chi connectivity index (χ2n) is 3.55. The molecule has 0 radical (unpaired) electrons. The topological polar surface area (TPSA) is 69.6 Å². The predicted molar refractivity (Wildman–Crippen MR) is 46.0 cm³/mol. The molecule has 1 aliphatic heterocycles. The molecule has 74 valence electrons. The van der Waals surface area contributed by atoms with Gasteiger partial charge in [0.25, 0.3) is 5.91 Å². The highest BCUT2D eigenvalue weighted by Gasteiger charge is 2.44. The molecule has 0 aliphatic carbocycles. The van der Waals surface area contributed by atoms with Gasteiger partial charge in [-0.1, -0.05) is 0 Å². The summed E-state index contributed by atoms with van der Waals surface area (Å²) in [4.78, 5) is 23.9. The summed E-state index contributed by atoms with van der Waals surface area (Å²) in [5.74, 6) is -0.282. The second-order valence-corrected chi connectivity index (χ2v) is 3.55. The highest BCUT2D eigenvalue weighted by Crippen LogP contribution is 2.20. The molecule has 3 amide bonds. The molecule has 0 saturated carbocycles. The van der Waals surface area contributed by atoms with Crippen molar-refractivity contribution in [1.29, 1.82) is 0 Å². The van der Waals surface area contributed by atoms with Crippen LogP contribution in [0.5, 0.6) is 0 Å². The molecule has 5 nitrogen and oxygen atoms in total. The Morgan fingerprint density at radius 2 is 2.08 bits per heavy atom. The van der Waals surface area contributed by atoms with Gasteiger partial charge in [0, 0.05) is 13.2 Å². The maximum Gasteiger partial charge on any atom is 0.324 e. The van der Waals surface area contributed by atoms with E-state index < -0.39 is 5.54 Å². The molecule has 2 N–H and O–H groups in total. The van der Waals surface area contributed by atoms with Gasteiger partial charge in [0.2, 0.25) is 0 Å². The fourth-order valence-electron chi connectivity index (χ4n) is 1.30. The van der Waals surface area contributed by atoms with Crippen molar-refractivity contribution < 1.29 is 14.7 Å². The lowest BCUT2D eigenvalue weighted by molar-refractivity contribution is -0.125. The van der Waals surface area contributed by atoms with Crippen LogP contribution in [0.4, 0.5) is 4.79 Å². The standard InChI is InChI=1S/C8H14N2O3/c1-8(2)6(12)9-7(13)10(8)4-3-5-11/h11H,3-5H2,1-2H3,(H,9,12,13). The number of rotatable bonds is 3. The van der Waals surface area contributed by atoms with E-state index in [1.807, 2.05) is 0 Å². The molecule has 13 heavy (non-hydrogen) atoms. The normalized spacial score (nSPS) is 20.7. The van der Waals surface area contributed by atoms with Gasteiger partial charge in [-0.2, -0.15) is 0 Å². The van der Waals surface area contributed by atoms with Gasteiger partial charge in [0.05, 0.1) is 0 Å². The van der Waals surface area contributed by atoms with Crippen molar-refractivity contribution in [2.24, 2.45) is 0 Å².